The molecule has 0 aromatic carbocycles. The molecule has 1 N–H and O–H groups in total. The van der Waals surface area contributed by atoms with Gasteiger partial charge >= 0.3 is 0 Å². The summed E-state index contributed by atoms with van der Waals surface area (Å²) in [4.78, 5) is 4.40. The smallest absolute Gasteiger partial charge is 0.244 e. The Bertz CT molecular complexity index is 505. The molecule has 1 heterocycles. The van der Waals surface area contributed by atoms with Crippen LogP contribution in [0.5, 0.6) is 0 Å². The van der Waals surface area contributed by atoms with Crippen LogP contribution in [0.25, 0.3) is 0 Å². The second kappa shape index (κ2) is 5.88. The maximum Gasteiger partial charge on any atom is 0.244 e. The van der Waals surface area contributed by atoms with Gasteiger partial charge in [-0.05, 0) is 31.9 Å². The first kappa shape index (κ1) is 15.9. The molecule has 6 heteroatoms. The molecule has 0 unspecified atom stereocenters. The van der Waals surface area contributed by atoms with Crippen molar-refractivity contribution in [3.05, 3.63) is 18.3 Å². The summed E-state index contributed by atoms with van der Waals surface area (Å²) in [6.07, 6.45) is 3.34. The van der Waals surface area contributed by atoms with Gasteiger partial charge in [-0.2, -0.15) is 0 Å². The van der Waals surface area contributed by atoms with Gasteiger partial charge in [-0.25, -0.2) is 17.7 Å². The van der Waals surface area contributed by atoms with Crippen molar-refractivity contribution in [1.82, 2.24) is 9.29 Å². The van der Waals surface area contributed by atoms with E-state index in [0.29, 0.717) is 5.82 Å². The first-order chi connectivity index (χ1) is 8.75. The van der Waals surface area contributed by atoms with Gasteiger partial charge in [-0.15, -0.1) is 0 Å². The molecule has 0 fully saturated rings. The van der Waals surface area contributed by atoms with Crippen molar-refractivity contribution in [2.75, 3.05) is 19.4 Å². The van der Waals surface area contributed by atoms with Crippen molar-refractivity contribution in [1.29, 1.82) is 0 Å². The van der Waals surface area contributed by atoms with Crippen molar-refractivity contribution in [2.45, 2.75) is 44.0 Å². The minimum absolute atomic E-state index is 0.0189. The lowest BCUT2D eigenvalue weighted by Crippen LogP contribution is -2.33. The monoisotopic (exact) mass is 285 g/mol. The molecular weight excluding hydrogens is 262 g/mol. The van der Waals surface area contributed by atoms with E-state index in [1.54, 1.807) is 12.1 Å². The zero-order chi connectivity index (χ0) is 14.7. The van der Waals surface area contributed by atoms with Crippen LogP contribution >= 0.6 is 0 Å². The number of pyridine rings is 1. The topological polar surface area (TPSA) is 62.3 Å². The van der Waals surface area contributed by atoms with E-state index in [4.69, 9.17) is 0 Å². The fourth-order valence-corrected chi connectivity index (χ4v) is 2.40. The van der Waals surface area contributed by atoms with Gasteiger partial charge in [0.1, 0.15) is 10.7 Å². The minimum atomic E-state index is -3.41. The fourth-order valence-electron chi connectivity index (χ4n) is 1.55. The summed E-state index contributed by atoms with van der Waals surface area (Å²) in [7, 11) is -0.392. The molecular formula is C13H23N3O2S. The van der Waals surface area contributed by atoms with Crippen LogP contribution < -0.4 is 5.32 Å². The second-order valence-electron chi connectivity index (χ2n) is 5.06. The highest BCUT2D eigenvalue weighted by Crippen LogP contribution is 2.21. The van der Waals surface area contributed by atoms with E-state index in [-0.39, 0.29) is 10.4 Å². The molecule has 5 nitrogen and oxygen atoms in total. The zero-order valence-electron chi connectivity index (χ0n) is 12.3. The van der Waals surface area contributed by atoms with Crippen molar-refractivity contribution >= 4 is 15.8 Å². The van der Waals surface area contributed by atoms with Gasteiger partial charge in [0.25, 0.3) is 0 Å². The van der Waals surface area contributed by atoms with Gasteiger partial charge in [0.05, 0.1) is 0 Å². The number of nitrogens with zero attached hydrogens (tertiary/aromatic N) is 2. The van der Waals surface area contributed by atoms with Gasteiger partial charge in [-0.3, -0.25) is 0 Å². The second-order valence-corrected chi connectivity index (χ2v) is 7.21. The summed E-state index contributed by atoms with van der Waals surface area (Å²) in [6.45, 7) is 6.35. The summed E-state index contributed by atoms with van der Waals surface area (Å²) in [5.74, 6) is 0.698. The number of sulfonamides is 1. The molecule has 0 atom stereocenters. The number of hydrogen-bond donors (Lipinski definition) is 1. The Balaban J connectivity index is 2.95. The van der Waals surface area contributed by atoms with E-state index in [0.717, 1.165) is 12.8 Å². The van der Waals surface area contributed by atoms with Crippen LogP contribution in [-0.2, 0) is 10.0 Å². The first-order valence-electron chi connectivity index (χ1n) is 6.42. The summed E-state index contributed by atoms with van der Waals surface area (Å²) in [6, 6.07) is 3.29. The predicted octanol–water partition coefficient (Wildman–Crippen LogP) is 2.32. The molecule has 1 aromatic heterocycles. The Morgan fingerprint density at radius 1 is 1.26 bits per heavy atom. The molecule has 1 rings (SSSR count). The third-order valence-corrected chi connectivity index (χ3v) is 5.30. The molecule has 0 aliphatic carbocycles. The van der Waals surface area contributed by atoms with Crippen molar-refractivity contribution in [3.8, 4) is 0 Å². The normalized spacial score (nSPS) is 12.7. The average molecular weight is 285 g/mol. The van der Waals surface area contributed by atoms with Crippen LogP contribution in [0.2, 0.25) is 0 Å². The van der Waals surface area contributed by atoms with Gasteiger partial charge in [-0.1, -0.05) is 13.8 Å². The largest absolute Gasteiger partial charge is 0.365 e. The molecule has 0 aliphatic rings. The van der Waals surface area contributed by atoms with Crippen molar-refractivity contribution in [2.24, 2.45) is 0 Å². The van der Waals surface area contributed by atoms with E-state index in [2.05, 4.69) is 31.1 Å². The zero-order valence-corrected chi connectivity index (χ0v) is 13.1. The molecule has 0 saturated carbocycles. The lowest BCUT2D eigenvalue weighted by molar-refractivity contribution is 0.476. The van der Waals surface area contributed by atoms with Crippen molar-refractivity contribution < 1.29 is 8.42 Å². The van der Waals surface area contributed by atoms with Crippen LogP contribution in [0.3, 0.4) is 0 Å². The number of anilines is 1. The summed E-state index contributed by atoms with van der Waals surface area (Å²) < 4.78 is 25.0. The van der Waals surface area contributed by atoms with Crippen molar-refractivity contribution in [3.63, 3.8) is 0 Å². The van der Waals surface area contributed by atoms with E-state index in [1.807, 2.05) is 0 Å². The Kier molecular flexibility index (Phi) is 4.92. The maximum atomic E-state index is 11.9. The number of aromatic nitrogens is 1. The quantitative estimate of drug-likeness (QED) is 0.871. The van der Waals surface area contributed by atoms with Crippen LogP contribution in [0.1, 0.15) is 33.6 Å². The molecule has 1 aromatic rings. The highest BCUT2D eigenvalue weighted by Gasteiger charge is 2.21. The molecule has 0 amide bonds. The van der Waals surface area contributed by atoms with E-state index in [9.17, 15) is 8.42 Å². The third-order valence-electron chi connectivity index (χ3n) is 3.51. The Hall–Kier alpha value is -1.14. The molecule has 0 bridgehead atoms. The molecule has 0 saturated heterocycles. The maximum absolute atomic E-state index is 11.9. The number of rotatable bonds is 6. The fraction of sp³-hybridized carbons (Fsp3) is 0.615. The van der Waals surface area contributed by atoms with Gasteiger partial charge in [0, 0.05) is 25.8 Å². The van der Waals surface area contributed by atoms with E-state index < -0.39 is 10.0 Å². The lowest BCUT2D eigenvalue weighted by Gasteiger charge is -2.28. The molecule has 0 radical (unpaired) electrons. The van der Waals surface area contributed by atoms with Crippen LogP contribution in [0, 0.1) is 0 Å². The lowest BCUT2D eigenvalue weighted by atomic mass is 9.96. The van der Waals surface area contributed by atoms with Crippen LogP contribution in [-0.4, -0.2) is 37.3 Å². The average Bonchev–Trinajstić information content (AvgIpc) is 2.39. The summed E-state index contributed by atoms with van der Waals surface area (Å²) >= 11 is 0. The first-order valence-corrected chi connectivity index (χ1v) is 7.86. The molecule has 19 heavy (non-hydrogen) atoms. The number of hydrogen-bond acceptors (Lipinski definition) is 4. The number of nitrogens with one attached hydrogen (secondary N) is 1. The SMILES string of the molecule is CCC(C)(CC)Nc1ccc(S(=O)(=O)N(C)C)cn1. The Labute approximate surface area is 116 Å². The highest BCUT2D eigenvalue weighted by atomic mass is 32.2. The predicted molar refractivity (Wildman–Crippen MR) is 77.7 cm³/mol. The highest BCUT2D eigenvalue weighted by molar-refractivity contribution is 7.89. The Morgan fingerprint density at radius 3 is 2.21 bits per heavy atom. The summed E-state index contributed by atoms with van der Waals surface area (Å²) in [5.41, 5.74) is -0.0189. The standard InChI is InChI=1S/C13H23N3O2S/c1-6-13(3,7-2)15-12-9-8-11(10-14-12)19(17,18)16(4)5/h8-10H,6-7H2,1-5H3,(H,14,15). The molecule has 0 spiro atoms. The van der Waals surface area contributed by atoms with E-state index in [1.165, 1.54) is 24.6 Å². The Morgan fingerprint density at radius 2 is 1.84 bits per heavy atom. The van der Waals surface area contributed by atoms with Gasteiger partial charge in [0.15, 0.2) is 0 Å². The van der Waals surface area contributed by atoms with Gasteiger partial charge < -0.3 is 5.32 Å². The van der Waals surface area contributed by atoms with Crippen LogP contribution in [0.4, 0.5) is 5.82 Å². The van der Waals surface area contributed by atoms with E-state index >= 15 is 0 Å². The molecule has 108 valence electrons. The van der Waals surface area contributed by atoms with Gasteiger partial charge in [0.2, 0.25) is 10.0 Å². The third kappa shape index (κ3) is 3.67. The van der Waals surface area contributed by atoms with Crippen LogP contribution in [0.15, 0.2) is 23.2 Å². The minimum Gasteiger partial charge on any atom is -0.365 e. The molecule has 0 aliphatic heterocycles. The summed E-state index contributed by atoms with van der Waals surface area (Å²) in [5, 5.41) is 3.34.